The van der Waals surface area contributed by atoms with Gasteiger partial charge in [0.05, 0.1) is 15.2 Å². The molecule has 0 aliphatic heterocycles. The Morgan fingerprint density at radius 2 is 2.31 bits per heavy atom. The molecule has 0 radical (unpaired) electrons. The molecule has 13 heavy (non-hydrogen) atoms. The maximum absolute atomic E-state index is 11.4. The van der Waals surface area contributed by atoms with Crippen LogP contribution in [0.2, 0.25) is 0 Å². The topological polar surface area (TPSA) is 59.1 Å². The number of thiazole rings is 1. The summed E-state index contributed by atoms with van der Waals surface area (Å²) in [5.74, 6) is 0. The molecule has 0 amide bonds. The predicted molar refractivity (Wildman–Crippen MR) is 55.4 cm³/mol. The van der Waals surface area contributed by atoms with Crippen molar-refractivity contribution in [2.45, 2.75) is 18.1 Å². The molecule has 72 valence electrons. The number of hydrogen-bond donors (Lipinski definition) is 1. The smallest absolute Gasteiger partial charge is 0.237 e. The average Bonchev–Trinajstić information content (AvgIpc) is 2.78. The Morgan fingerprint density at radius 1 is 1.62 bits per heavy atom. The van der Waals surface area contributed by atoms with Crippen LogP contribution in [0.5, 0.6) is 0 Å². The van der Waals surface area contributed by atoms with E-state index in [-0.39, 0.29) is 5.25 Å². The SMILES string of the molecule is O=S(=O)(Nc1ncc(Br)s1)C1CC1. The van der Waals surface area contributed by atoms with Gasteiger partial charge in [-0.1, -0.05) is 11.3 Å². The lowest BCUT2D eigenvalue weighted by Crippen LogP contribution is -2.16. The standard InChI is InChI=1S/C6H7BrN2O2S2/c7-5-3-8-6(12-5)9-13(10,11)4-1-2-4/h3-4H,1-2H2,(H,8,9). The van der Waals surface area contributed by atoms with Crippen molar-refractivity contribution in [1.29, 1.82) is 0 Å². The molecule has 0 aromatic carbocycles. The number of nitrogens with zero attached hydrogens (tertiary/aromatic N) is 1. The largest absolute Gasteiger partial charge is 0.258 e. The number of hydrogen-bond acceptors (Lipinski definition) is 4. The minimum atomic E-state index is -3.15. The number of rotatable bonds is 3. The third-order valence-electron chi connectivity index (χ3n) is 1.67. The van der Waals surface area contributed by atoms with Gasteiger partial charge < -0.3 is 0 Å². The van der Waals surface area contributed by atoms with Crippen molar-refractivity contribution >= 4 is 42.4 Å². The highest BCUT2D eigenvalue weighted by Crippen LogP contribution is 2.31. The predicted octanol–water partition coefficient (Wildman–Crippen LogP) is 1.81. The summed E-state index contributed by atoms with van der Waals surface area (Å²) < 4.78 is 26.1. The fourth-order valence-corrected chi connectivity index (χ4v) is 3.58. The fourth-order valence-electron chi connectivity index (χ4n) is 0.885. The quantitative estimate of drug-likeness (QED) is 0.920. The Hall–Kier alpha value is -0.140. The highest BCUT2D eigenvalue weighted by molar-refractivity contribution is 9.11. The Morgan fingerprint density at radius 3 is 2.77 bits per heavy atom. The molecule has 1 aliphatic rings. The first kappa shape index (κ1) is 9.42. The van der Waals surface area contributed by atoms with Gasteiger partial charge in [0.2, 0.25) is 10.0 Å². The van der Waals surface area contributed by atoms with E-state index in [1.165, 1.54) is 11.3 Å². The van der Waals surface area contributed by atoms with Gasteiger partial charge in [-0.3, -0.25) is 4.72 Å². The maximum Gasteiger partial charge on any atom is 0.237 e. The van der Waals surface area contributed by atoms with E-state index in [1.807, 2.05) is 0 Å². The summed E-state index contributed by atoms with van der Waals surface area (Å²) in [4.78, 5) is 3.89. The normalized spacial score (nSPS) is 17.3. The zero-order valence-electron chi connectivity index (χ0n) is 6.53. The Labute approximate surface area is 88.6 Å². The summed E-state index contributed by atoms with van der Waals surface area (Å²) in [7, 11) is -3.15. The van der Waals surface area contributed by atoms with Gasteiger partial charge in [0.15, 0.2) is 5.13 Å². The molecule has 1 N–H and O–H groups in total. The Kier molecular flexibility index (Phi) is 2.33. The minimum absolute atomic E-state index is 0.199. The monoisotopic (exact) mass is 282 g/mol. The molecule has 1 saturated carbocycles. The number of nitrogens with one attached hydrogen (secondary N) is 1. The molecule has 1 aromatic rings. The van der Waals surface area contributed by atoms with Crippen LogP contribution in [-0.4, -0.2) is 18.7 Å². The van der Waals surface area contributed by atoms with E-state index in [0.29, 0.717) is 5.13 Å². The van der Waals surface area contributed by atoms with E-state index >= 15 is 0 Å². The lowest BCUT2D eigenvalue weighted by molar-refractivity contribution is 0.600. The van der Waals surface area contributed by atoms with Crippen molar-refractivity contribution < 1.29 is 8.42 Å². The first-order valence-electron chi connectivity index (χ1n) is 3.71. The molecule has 0 unspecified atom stereocenters. The zero-order chi connectivity index (χ0) is 9.47. The van der Waals surface area contributed by atoms with Gasteiger partial charge in [-0.2, -0.15) is 0 Å². The van der Waals surface area contributed by atoms with Gasteiger partial charge in [0, 0.05) is 0 Å². The lowest BCUT2D eigenvalue weighted by Gasteiger charge is -2.01. The molecule has 4 nitrogen and oxygen atoms in total. The van der Waals surface area contributed by atoms with E-state index in [1.54, 1.807) is 6.20 Å². The van der Waals surface area contributed by atoms with Crippen LogP contribution in [0.25, 0.3) is 0 Å². The van der Waals surface area contributed by atoms with Crippen LogP contribution in [0.4, 0.5) is 5.13 Å². The molecule has 7 heteroatoms. The van der Waals surface area contributed by atoms with Gasteiger partial charge in [-0.25, -0.2) is 13.4 Å². The minimum Gasteiger partial charge on any atom is -0.258 e. The molecule has 0 bridgehead atoms. The molecule has 0 atom stereocenters. The molecule has 1 fully saturated rings. The van der Waals surface area contributed by atoms with Gasteiger partial charge in [0.25, 0.3) is 0 Å². The average molecular weight is 283 g/mol. The van der Waals surface area contributed by atoms with E-state index in [4.69, 9.17) is 0 Å². The molecule has 1 aliphatic carbocycles. The molecule has 0 saturated heterocycles. The van der Waals surface area contributed by atoms with Gasteiger partial charge in [-0.05, 0) is 28.8 Å². The summed E-state index contributed by atoms with van der Waals surface area (Å²) in [6, 6.07) is 0. The molecule has 1 aromatic heterocycles. The third kappa shape index (κ3) is 2.21. The first-order chi connectivity index (χ1) is 6.08. The fraction of sp³-hybridized carbons (Fsp3) is 0.500. The van der Waals surface area contributed by atoms with Crippen molar-refractivity contribution in [3.8, 4) is 0 Å². The number of aromatic nitrogens is 1. The van der Waals surface area contributed by atoms with Gasteiger partial charge >= 0.3 is 0 Å². The molecule has 1 heterocycles. The summed E-state index contributed by atoms with van der Waals surface area (Å²) in [6.45, 7) is 0. The summed E-state index contributed by atoms with van der Waals surface area (Å²) >= 11 is 4.49. The highest BCUT2D eigenvalue weighted by atomic mass is 79.9. The van der Waals surface area contributed by atoms with Crippen LogP contribution in [0.15, 0.2) is 9.98 Å². The van der Waals surface area contributed by atoms with Crippen LogP contribution in [0.1, 0.15) is 12.8 Å². The maximum atomic E-state index is 11.4. The molecular formula is C6H7BrN2O2S2. The van der Waals surface area contributed by atoms with Crippen LogP contribution in [-0.2, 0) is 10.0 Å². The molecule has 2 rings (SSSR count). The van der Waals surface area contributed by atoms with E-state index in [9.17, 15) is 8.42 Å². The second-order valence-corrected chi connectivity index (χ2v) is 7.19. The summed E-state index contributed by atoms with van der Waals surface area (Å²) in [5.41, 5.74) is 0. The molecule has 0 spiro atoms. The van der Waals surface area contributed by atoms with Crippen molar-refractivity contribution in [3.63, 3.8) is 0 Å². The number of halogens is 1. The van der Waals surface area contributed by atoms with Crippen LogP contribution < -0.4 is 4.72 Å². The van der Waals surface area contributed by atoms with Crippen molar-refractivity contribution in [3.05, 3.63) is 9.98 Å². The van der Waals surface area contributed by atoms with Crippen molar-refractivity contribution in [2.75, 3.05) is 4.72 Å². The van der Waals surface area contributed by atoms with Crippen LogP contribution in [0.3, 0.4) is 0 Å². The van der Waals surface area contributed by atoms with Crippen molar-refractivity contribution in [1.82, 2.24) is 4.98 Å². The van der Waals surface area contributed by atoms with Crippen molar-refractivity contribution in [2.24, 2.45) is 0 Å². The van der Waals surface area contributed by atoms with E-state index in [2.05, 4.69) is 25.6 Å². The first-order valence-corrected chi connectivity index (χ1v) is 6.86. The van der Waals surface area contributed by atoms with Crippen LogP contribution >= 0.6 is 27.3 Å². The lowest BCUT2D eigenvalue weighted by atomic mass is 11.0. The second kappa shape index (κ2) is 3.21. The molecular weight excluding hydrogens is 276 g/mol. The number of anilines is 1. The zero-order valence-corrected chi connectivity index (χ0v) is 9.75. The van der Waals surface area contributed by atoms with E-state index in [0.717, 1.165) is 16.6 Å². The third-order valence-corrected chi connectivity index (χ3v) is 5.02. The summed E-state index contributed by atoms with van der Waals surface area (Å²) in [5, 5.41) is 0.231. The summed E-state index contributed by atoms with van der Waals surface area (Å²) in [6.07, 6.45) is 3.11. The number of sulfonamides is 1. The highest BCUT2D eigenvalue weighted by Gasteiger charge is 2.36. The Bertz CT molecular complexity index is 410. The second-order valence-electron chi connectivity index (χ2n) is 2.82. The van der Waals surface area contributed by atoms with Gasteiger partial charge in [0.1, 0.15) is 0 Å². The van der Waals surface area contributed by atoms with Gasteiger partial charge in [-0.15, -0.1) is 0 Å². The van der Waals surface area contributed by atoms with Crippen LogP contribution in [0, 0.1) is 0 Å². The Balaban J connectivity index is 2.13. The van der Waals surface area contributed by atoms with E-state index < -0.39 is 10.0 Å².